The summed E-state index contributed by atoms with van der Waals surface area (Å²) in [6.07, 6.45) is 9.86. The van der Waals surface area contributed by atoms with Crippen molar-refractivity contribution in [1.82, 2.24) is 0 Å². The fraction of sp³-hybridized carbons (Fsp3) is 0.143. The van der Waals surface area contributed by atoms with E-state index < -0.39 is 0 Å². The van der Waals surface area contributed by atoms with Crippen molar-refractivity contribution >= 4 is 11.8 Å². The highest BCUT2D eigenvalue weighted by molar-refractivity contribution is 5.69. The van der Waals surface area contributed by atoms with Crippen LogP contribution in [0.3, 0.4) is 0 Å². The Kier molecular flexibility index (Phi) is 2.07. The third-order valence-electron chi connectivity index (χ3n) is 3.03. The van der Waals surface area contributed by atoms with Gasteiger partial charge in [-0.15, -0.1) is 0 Å². The van der Waals surface area contributed by atoms with Gasteiger partial charge in [0, 0.05) is 11.6 Å². The molecule has 0 aromatic heterocycles. The highest BCUT2D eigenvalue weighted by Gasteiger charge is 2.21. The lowest BCUT2D eigenvalue weighted by Crippen LogP contribution is -2.26. The van der Waals surface area contributed by atoms with Crippen molar-refractivity contribution in [2.24, 2.45) is 5.92 Å². The van der Waals surface area contributed by atoms with Gasteiger partial charge in [0.25, 0.3) is 0 Å². The molecule has 0 amide bonds. The molecule has 0 saturated heterocycles. The van der Waals surface area contributed by atoms with Gasteiger partial charge in [0.05, 0.1) is 6.04 Å². The minimum absolute atomic E-state index is 0.220. The number of para-hydroxylation sites is 1. The van der Waals surface area contributed by atoms with Crippen molar-refractivity contribution in [2.45, 2.75) is 6.04 Å². The van der Waals surface area contributed by atoms with Crippen molar-refractivity contribution in [3.63, 3.8) is 0 Å². The number of hydrogen-bond donors (Lipinski definition) is 2. The summed E-state index contributed by atoms with van der Waals surface area (Å²) >= 11 is 0. The highest BCUT2D eigenvalue weighted by atomic mass is 16.3. The van der Waals surface area contributed by atoms with Crippen molar-refractivity contribution in [2.75, 3.05) is 5.32 Å². The molecule has 0 bridgehead atoms. The van der Waals surface area contributed by atoms with E-state index in [4.69, 9.17) is 0 Å². The van der Waals surface area contributed by atoms with E-state index in [2.05, 4.69) is 29.6 Å². The smallest absolute Gasteiger partial charge is 0.112 e. The highest BCUT2D eigenvalue weighted by Crippen LogP contribution is 2.28. The molecule has 0 fully saturated rings. The second-order valence-corrected chi connectivity index (χ2v) is 4.14. The van der Waals surface area contributed by atoms with Gasteiger partial charge >= 0.3 is 0 Å². The minimum Gasteiger partial charge on any atom is -0.508 e. The summed E-state index contributed by atoms with van der Waals surface area (Å²) in [6, 6.07) is 8.45. The zero-order valence-corrected chi connectivity index (χ0v) is 8.80. The molecule has 3 rings (SSSR count). The number of rotatable bonds is 0. The number of anilines is 1. The fourth-order valence-electron chi connectivity index (χ4n) is 2.17. The summed E-state index contributed by atoms with van der Waals surface area (Å²) in [4.78, 5) is 0. The maximum Gasteiger partial charge on any atom is 0.112 e. The molecule has 2 heteroatoms. The monoisotopic (exact) mass is 211 g/mol. The average molecular weight is 211 g/mol. The van der Waals surface area contributed by atoms with Crippen LogP contribution in [-0.4, -0.2) is 11.1 Å². The van der Waals surface area contributed by atoms with Crippen LogP contribution in [0, 0.1) is 5.92 Å². The maximum atomic E-state index is 9.47. The third kappa shape index (κ3) is 1.52. The van der Waals surface area contributed by atoms with Crippen molar-refractivity contribution in [1.29, 1.82) is 0 Å². The summed E-state index contributed by atoms with van der Waals surface area (Å²) in [5.74, 6) is 0.566. The number of aliphatic hydroxyl groups is 1. The first-order chi connectivity index (χ1) is 7.83. The number of nitrogens with one attached hydrogen (secondary N) is 1. The van der Waals surface area contributed by atoms with E-state index in [0.717, 1.165) is 5.69 Å². The van der Waals surface area contributed by atoms with Crippen LogP contribution in [0.4, 0.5) is 5.69 Å². The maximum absolute atomic E-state index is 9.47. The number of benzene rings is 1. The molecule has 2 unspecified atom stereocenters. The van der Waals surface area contributed by atoms with Crippen LogP contribution >= 0.6 is 0 Å². The summed E-state index contributed by atoms with van der Waals surface area (Å²) in [6.45, 7) is 0. The van der Waals surface area contributed by atoms with Gasteiger partial charge < -0.3 is 10.4 Å². The van der Waals surface area contributed by atoms with Gasteiger partial charge in [-0.2, -0.15) is 0 Å². The van der Waals surface area contributed by atoms with Gasteiger partial charge in [0.15, 0.2) is 0 Å². The molecule has 16 heavy (non-hydrogen) atoms. The number of allylic oxidation sites excluding steroid dienone is 1. The Bertz CT molecular complexity index is 499. The molecule has 0 saturated carbocycles. The summed E-state index contributed by atoms with van der Waals surface area (Å²) < 4.78 is 0. The van der Waals surface area contributed by atoms with Crippen LogP contribution in [-0.2, 0) is 0 Å². The molecule has 2 nitrogen and oxygen atoms in total. The van der Waals surface area contributed by atoms with E-state index in [-0.39, 0.29) is 12.0 Å². The molecule has 0 radical (unpaired) electrons. The van der Waals surface area contributed by atoms with E-state index in [9.17, 15) is 5.11 Å². The molecular formula is C14H13NO. The van der Waals surface area contributed by atoms with Gasteiger partial charge in [-0.3, -0.25) is 0 Å². The van der Waals surface area contributed by atoms with Crippen LogP contribution in [0.25, 0.3) is 6.08 Å². The Labute approximate surface area is 94.6 Å². The van der Waals surface area contributed by atoms with Gasteiger partial charge in [-0.25, -0.2) is 0 Å². The van der Waals surface area contributed by atoms with Crippen LogP contribution in [0.1, 0.15) is 5.56 Å². The Morgan fingerprint density at radius 3 is 2.88 bits per heavy atom. The predicted molar refractivity (Wildman–Crippen MR) is 66.2 cm³/mol. The zero-order valence-electron chi connectivity index (χ0n) is 8.80. The molecule has 80 valence electrons. The summed E-state index contributed by atoms with van der Waals surface area (Å²) in [7, 11) is 0. The fourth-order valence-corrected chi connectivity index (χ4v) is 2.17. The Morgan fingerprint density at radius 1 is 1.06 bits per heavy atom. The normalized spacial score (nSPS) is 26.1. The number of aliphatic hydroxyl groups excluding tert-OH is 1. The van der Waals surface area contributed by atoms with Crippen LogP contribution in [0.5, 0.6) is 0 Å². The van der Waals surface area contributed by atoms with Crippen LogP contribution in [0.2, 0.25) is 0 Å². The van der Waals surface area contributed by atoms with E-state index >= 15 is 0 Å². The van der Waals surface area contributed by atoms with Crippen molar-refractivity contribution in [3.05, 3.63) is 59.9 Å². The van der Waals surface area contributed by atoms with Gasteiger partial charge in [-0.05, 0) is 23.8 Å². The Balaban J connectivity index is 2.02. The molecule has 2 N–H and O–H groups in total. The second-order valence-electron chi connectivity index (χ2n) is 4.14. The topological polar surface area (TPSA) is 32.3 Å². The van der Waals surface area contributed by atoms with E-state index in [1.165, 1.54) is 5.56 Å². The summed E-state index contributed by atoms with van der Waals surface area (Å²) in [5.41, 5.74) is 2.34. The average Bonchev–Trinajstić information content (AvgIpc) is 2.48. The minimum atomic E-state index is 0.220. The van der Waals surface area contributed by atoms with Gasteiger partial charge in [0.2, 0.25) is 0 Å². The Hall–Kier alpha value is -1.96. The molecule has 2 atom stereocenters. The predicted octanol–water partition coefficient (Wildman–Crippen LogP) is 3.12. The first-order valence-electron chi connectivity index (χ1n) is 5.46. The third-order valence-corrected chi connectivity index (χ3v) is 3.03. The number of fused-ring (bicyclic) bond motifs is 2. The molecule has 1 aliphatic carbocycles. The first kappa shape index (κ1) is 9.28. The lowest BCUT2D eigenvalue weighted by Gasteiger charge is -2.23. The van der Waals surface area contributed by atoms with Gasteiger partial charge in [0.1, 0.15) is 5.76 Å². The molecule has 1 aromatic rings. The molecule has 1 heterocycles. The Morgan fingerprint density at radius 2 is 1.94 bits per heavy atom. The zero-order chi connectivity index (χ0) is 11.0. The van der Waals surface area contributed by atoms with E-state index in [0.29, 0.717) is 5.76 Å². The summed E-state index contributed by atoms with van der Waals surface area (Å²) in [5, 5.41) is 12.9. The van der Waals surface area contributed by atoms with Crippen LogP contribution in [0.15, 0.2) is 54.3 Å². The van der Waals surface area contributed by atoms with Crippen molar-refractivity contribution < 1.29 is 5.11 Å². The molecular weight excluding hydrogens is 198 g/mol. The SMILES string of the molecule is OC1=CC2C=Cc3ccccc3NC2C=C1. The van der Waals surface area contributed by atoms with Crippen molar-refractivity contribution in [3.8, 4) is 0 Å². The molecule has 0 spiro atoms. The second kappa shape index (κ2) is 3.56. The largest absolute Gasteiger partial charge is 0.508 e. The van der Waals surface area contributed by atoms with E-state index in [1.807, 2.05) is 24.3 Å². The first-order valence-corrected chi connectivity index (χ1v) is 5.46. The van der Waals surface area contributed by atoms with Gasteiger partial charge in [-0.1, -0.05) is 36.4 Å². The molecule has 2 aliphatic rings. The standard InChI is InChI=1S/C14H13NO/c16-12-7-8-14-11(9-12)6-5-10-3-1-2-4-13(10)15-14/h1-9,11,14-16H. The van der Waals surface area contributed by atoms with Crippen LogP contribution < -0.4 is 5.32 Å². The molecule has 1 aliphatic heterocycles. The molecule has 1 aromatic carbocycles. The number of hydrogen-bond acceptors (Lipinski definition) is 2. The quantitative estimate of drug-likeness (QED) is 0.691. The lowest BCUT2D eigenvalue weighted by atomic mass is 9.94. The van der Waals surface area contributed by atoms with E-state index in [1.54, 1.807) is 6.08 Å². The lowest BCUT2D eigenvalue weighted by molar-refractivity contribution is 0.420.